The van der Waals surface area contributed by atoms with Crippen LogP contribution in [0.15, 0.2) is 29.2 Å². The lowest BCUT2D eigenvalue weighted by Crippen LogP contribution is -2.27. The van der Waals surface area contributed by atoms with Gasteiger partial charge < -0.3 is 15.7 Å². The van der Waals surface area contributed by atoms with Crippen molar-refractivity contribution in [3.63, 3.8) is 0 Å². The molecule has 0 aliphatic heterocycles. The number of carbonyl (C=O) groups is 1. The fourth-order valence-electron chi connectivity index (χ4n) is 2.05. The maximum Gasteiger partial charge on any atom is 0.404 e. The number of carboxylic acid groups (broad SMARTS) is 1. The Balaban J connectivity index is 2.50. The number of hydrogen-bond donors (Lipinski definition) is 3. The highest BCUT2D eigenvalue weighted by Crippen LogP contribution is 2.24. The molecule has 1 aromatic carbocycles. The summed E-state index contributed by atoms with van der Waals surface area (Å²) in [6.45, 7) is 7.60. The van der Waals surface area contributed by atoms with Crippen LogP contribution in [0.2, 0.25) is 0 Å². The highest BCUT2D eigenvalue weighted by Gasteiger charge is 2.09. The van der Waals surface area contributed by atoms with E-state index in [1.807, 2.05) is 7.05 Å². The molecule has 1 aromatic rings. The first kappa shape index (κ1) is 18.8. The van der Waals surface area contributed by atoms with Crippen LogP contribution < -0.4 is 10.6 Å². The van der Waals surface area contributed by atoms with E-state index in [4.69, 9.17) is 5.11 Å². The summed E-state index contributed by atoms with van der Waals surface area (Å²) >= 11 is 1.74. The first-order valence-electron chi connectivity index (χ1n) is 7.64. The third kappa shape index (κ3) is 8.26. The van der Waals surface area contributed by atoms with Gasteiger partial charge in [-0.05, 0) is 49.0 Å². The van der Waals surface area contributed by atoms with Gasteiger partial charge in [-0.15, -0.1) is 0 Å². The molecule has 0 aliphatic rings. The van der Waals surface area contributed by atoms with E-state index in [9.17, 15) is 4.79 Å². The van der Waals surface area contributed by atoms with Gasteiger partial charge in [-0.25, -0.2) is 9.10 Å². The predicted molar refractivity (Wildman–Crippen MR) is 92.1 cm³/mol. The second-order valence-corrected chi connectivity index (χ2v) is 6.80. The third-order valence-electron chi connectivity index (χ3n) is 2.97. The van der Waals surface area contributed by atoms with Crippen molar-refractivity contribution in [3.05, 3.63) is 29.8 Å². The Bertz CT molecular complexity index is 438. The molecule has 0 aliphatic carbocycles. The van der Waals surface area contributed by atoms with Gasteiger partial charge in [0.05, 0.1) is 0 Å². The van der Waals surface area contributed by atoms with Crippen LogP contribution in [0, 0.1) is 5.92 Å². The summed E-state index contributed by atoms with van der Waals surface area (Å²) in [6.07, 6.45) is -0.146. The van der Waals surface area contributed by atoms with Gasteiger partial charge in [0.15, 0.2) is 0 Å². The summed E-state index contributed by atoms with van der Waals surface area (Å²) in [6, 6.07) is 8.55. The van der Waals surface area contributed by atoms with Gasteiger partial charge >= 0.3 is 6.09 Å². The molecule has 124 valence electrons. The van der Waals surface area contributed by atoms with E-state index in [-0.39, 0.29) is 0 Å². The van der Waals surface area contributed by atoms with Gasteiger partial charge in [0, 0.05) is 31.1 Å². The molecule has 5 nitrogen and oxygen atoms in total. The third-order valence-corrected chi connectivity index (χ3v) is 4.04. The second-order valence-electron chi connectivity index (χ2n) is 5.63. The standard InChI is InChI=1S/C16H27N3O2S/c1-13(2)12-19(10-4-9-18-16(20)21)22-15-7-5-14(6-8-15)11-17-3/h5-8,13,17-18H,4,9-12H2,1-3H3,(H,20,21). The highest BCUT2D eigenvalue weighted by molar-refractivity contribution is 7.97. The normalized spacial score (nSPS) is 11.1. The van der Waals surface area contributed by atoms with Gasteiger partial charge in [0.2, 0.25) is 0 Å². The molecule has 0 aromatic heterocycles. The molecule has 0 saturated heterocycles. The van der Waals surface area contributed by atoms with Crippen LogP contribution in [0.4, 0.5) is 4.79 Å². The van der Waals surface area contributed by atoms with Gasteiger partial charge in [0.25, 0.3) is 0 Å². The molecule has 0 atom stereocenters. The Labute approximate surface area is 137 Å². The largest absolute Gasteiger partial charge is 0.465 e. The van der Waals surface area contributed by atoms with Crippen LogP contribution in [-0.2, 0) is 6.54 Å². The summed E-state index contributed by atoms with van der Waals surface area (Å²) in [5.74, 6) is 0.573. The first-order valence-corrected chi connectivity index (χ1v) is 8.42. The monoisotopic (exact) mass is 325 g/mol. The van der Waals surface area contributed by atoms with Crippen LogP contribution in [0.25, 0.3) is 0 Å². The van der Waals surface area contributed by atoms with Crippen molar-refractivity contribution in [2.75, 3.05) is 26.7 Å². The molecular weight excluding hydrogens is 298 g/mol. The fourth-order valence-corrected chi connectivity index (χ4v) is 3.20. The molecule has 1 amide bonds. The number of nitrogens with one attached hydrogen (secondary N) is 2. The zero-order valence-electron chi connectivity index (χ0n) is 13.6. The molecule has 6 heteroatoms. The van der Waals surface area contributed by atoms with Crippen molar-refractivity contribution in [2.24, 2.45) is 5.92 Å². The van der Waals surface area contributed by atoms with E-state index in [0.717, 1.165) is 26.1 Å². The lowest BCUT2D eigenvalue weighted by molar-refractivity contribution is 0.194. The maximum atomic E-state index is 10.5. The summed E-state index contributed by atoms with van der Waals surface area (Å²) < 4.78 is 2.31. The minimum atomic E-state index is -0.955. The minimum Gasteiger partial charge on any atom is -0.465 e. The van der Waals surface area contributed by atoms with E-state index in [2.05, 4.69) is 53.1 Å². The number of benzene rings is 1. The van der Waals surface area contributed by atoms with E-state index >= 15 is 0 Å². The molecule has 0 bridgehead atoms. The molecule has 1 rings (SSSR count). The number of hydrogen-bond acceptors (Lipinski definition) is 4. The summed E-state index contributed by atoms with van der Waals surface area (Å²) in [7, 11) is 1.94. The Morgan fingerprint density at radius 2 is 2.00 bits per heavy atom. The summed E-state index contributed by atoms with van der Waals surface area (Å²) in [5, 5.41) is 14.1. The van der Waals surface area contributed by atoms with Gasteiger partial charge in [-0.2, -0.15) is 0 Å². The Hall–Kier alpha value is -1.24. The minimum absolute atomic E-state index is 0.492. The van der Waals surface area contributed by atoms with Crippen molar-refractivity contribution in [1.29, 1.82) is 0 Å². The van der Waals surface area contributed by atoms with E-state index < -0.39 is 6.09 Å². The summed E-state index contributed by atoms with van der Waals surface area (Å²) in [4.78, 5) is 11.7. The quantitative estimate of drug-likeness (QED) is 0.456. The van der Waals surface area contributed by atoms with Crippen LogP contribution in [-0.4, -0.2) is 42.2 Å². The van der Waals surface area contributed by atoms with Gasteiger partial charge in [0.1, 0.15) is 0 Å². The molecule has 0 radical (unpaired) electrons. The number of nitrogens with zero attached hydrogens (tertiary/aromatic N) is 1. The number of amides is 1. The Kier molecular flexibility index (Phi) is 8.96. The van der Waals surface area contributed by atoms with E-state index in [1.165, 1.54) is 10.5 Å². The fraction of sp³-hybridized carbons (Fsp3) is 0.562. The van der Waals surface area contributed by atoms with Crippen LogP contribution in [0.5, 0.6) is 0 Å². The van der Waals surface area contributed by atoms with E-state index in [0.29, 0.717) is 12.5 Å². The van der Waals surface area contributed by atoms with Crippen LogP contribution in [0.3, 0.4) is 0 Å². The molecule has 3 N–H and O–H groups in total. The van der Waals surface area contributed by atoms with Crippen molar-refractivity contribution < 1.29 is 9.90 Å². The zero-order valence-corrected chi connectivity index (χ0v) is 14.4. The molecule has 0 heterocycles. The molecule has 0 saturated carbocycles. The topological polar surface area (TPSA) is 64.6 Å². The molecular formula is C16H27N3O2S. The molecule has 0 fully saturated rings. The summed E-state index contributed by atoms with van der Waals surface area (Å²) in [5.41, 5.74) is 1.27. The second kappa shape index (κ2) is 10.5. The lowest BCUT2D eigenvalue weighted by Gasteiger charge is -2.23. The van der Waals surface area contributed by atoms with E-state index in [1.54, 1.807) is 11.9 Å². The Morgan fingerprint density at radius 3 is 2.55 bits per heavy atom. The van der Waals surface area contributed by atoms with Crippen LogP contribution >= 0.6 is 11.9 Å². The van der Waals surface area contributed by atoms with Crippen molar-refractivity contribution in [2.45, 2.75) is 31.7 Å². The lowest BCUT2D eigenvalue weighted by atomic mass is 10.2. The van der Waals surface area contributed by atoms with Crippen LogP contribution in [0.1, 0.15) is 25.8 Å². The van der Waals surface area contributed by atoms with Gasteiger partial charge in [-0.3, -0.25) is 0 Å². The van der Waals surface area contributed by atoms with Crippen molar-refractivity contribution in [3.8, 4) is 0 Å². The first-order chi connectivity index (χ1) is 10.5. The number of rotatable bonds is 10. The van der Waals surface area contributed by atoms with Crippen molar-refractivity contribution >= 4 is 18.0 Å². The van der Waals surface area contributed by atoms with Crippen molar-refractivity contribution in [1.82, 2.24) is 14.9 Å². The van der Waals surface area contributed by atoms with Gasteiger partial charge in [-0.1, -0.05) is 26.0 Å². The molecule has 0 unspecified atom stereocenters. The predicted octanol–water partition coefficient (Wildman–Crippen LogP) is 3.03. The average Bonchev–Trinajstić information content (AvgIpc) is 2.45. The Morgan fingerprint density at radius 1 is 1.32 bits per heavy atom. The SMILES string of the molecule is CNCc1ccc(SN(CCCNC(=O)O)CC(C)C)cc1. The highest BCUT2D eigenvalue weighted by atomic mass is 32.2. The molecule has 0 spiro atoms. The average molecular weight is 325 g/mol. The smallest absolute Gasteiger partial charge is 0.404 e. The molecule has 22 heavy (non-hydrogen) atoms. The maximum absolute atomic E-state index is 10.5. The zero-order chi connectivity index (χ0) is 16.4.